The Balaban J connectivity index is 1.97. The van der Waals surface area contributed by atoms with Gasteiger partial charge in [-0.2, -0.15) is 26.3 Å². The van der Waals surface area contributed by atoms with Crippen LogP contribution >= 0.6 is 23.2 Å². The molecule has 0 aliphatic carbocycles. The summed E-state index contributed by atoms with van der Waals surface area (Å²) in [6, 6.07) is 3.71. The molecule has 0 spiro atoms. The summed E-state index contributed by atoms with van der Waals surface area (Å²) in [5.74, 6) is -0.592. The number of carbonyl (C=O) groups excluding carboxylic acids is 1. The molecule has 1 heterocycles. The van der Waals surface area contributed by atoms with Crippen molar-refractivity contribution in [1.82, 2.24) is 9.80 Å². The predicted octanol–water partition coefficient (Wildman–Crippen LogP) is 6.67. The summed E-state index contributed by atoms with van der Waals surface area (Å²) in [5, 5.41) is 9.91. The van der Waals surface area contributed by atoms with Crippen LogP contribution in [0.25, 0.3) is 0 Å². The summed E-state index contributed by atoms with van der Waals surface area (Å²) in [6.45, 7) is -0.173. The number of rotatable bonds is 3. The number of hydrogen-bond donors (Lipinski definition) is 1. The molecule has 2 atom stereocenters. The highest BCUT2D eigenvalue weighted by atomic mass is 35.5. The first kappa shape index (κ1) is 27.7. The number of amides is 3. The van der Waals surface area contributed by atoms with Crippen LogP contribution < -0.4 is 4.90 Å². The molecule has 3 amide bonds. The van der Waals surface area contributed by atoms with Gasteiger partial charge in [-0.15, -0.1) is 0 Å². The SMILES string of the molecule is CN(C(=O)N(C)C1CN(C(=O)O)CC1c1ccc(Cl)c(Cl)c1)c1cc(C(F)(F)F)cc(C(F)(F)F)c1. The summed E-state index contributed by atoms with van der Waals surface area (Å²) in [5.41, 5.74) is -3.21. The first-order valence-corrected chi connectivity index (χ1v) is 11.0. The van der Waals surface area contributed by atoms with Crippen LogP contribution in [0.4, 0.5) is 41.6 Å². The Morgan fingerprint density at radius 1 is 0.917 bits per heavy atom. The van der Waals surface area contributed by atoms with Crippen molar-refractivity contribution in [1.29, 1.82) is 0 Å². The van der Waals surface area contributed by atoms with Crippen LogP contribution in [0.3, 0.4) is 0 Å². The lowest BCUT2D eigenvalue weighted by Gasteiger charge is -2.33. The van der Waals surface area contributed by atoms with Gasteiger partial charge < -0.3 is 14.9 Å². The van der Waals surface area contributed by atoms with Crippen molar-refractivity contribution in [2.24, 2.45) is 0 Å². The number of likely N-dealkylation sites (N-methyl/N-ethyl adjacent to an activating group) is 1. The Morgan fingerprint density at radius 2 is 1.47 bits per heavy atom. The molecule has 1 fully saturated rings. The average Bonchev–Trinajstić information content (AvgIpc) is 3.24. The van der Waals surface area contributed by atoms with E-state index in [1.807, 2.05) is 0 Å². The zero-order valence-corrected chi connectivity index (χ0v) is 20.2. The van der Waals surface area contributed by atoms with E-state index in [4.69, 9.17) is 23.2 Å². The molecule has 0 radical (unpaired) electrons. The standard InChI is InChI=1S/C22H19Cl2F6N3O3/c1-31(14-7-12(21(25,26)27)6-13(8-14)22(28,29)30)19(34)32(2)18-10-33(20(35)36)9-15(18)11-3-4-16(23)17(24)5-11/h3-8,15,18H,9-10H2,1-2H3,(H,35,36). The minimum Gasteiger partial charge on any atom is -0.465 e. The van der Waals surface area contributed by atoms with Gasteiger partial charge in [0.05, 0.1) is 27.2 Å². The molecule has 2 aromatic carbocycles. The van der Waals surface area contributed by atoms with Gasteiger partial charge in [-0.25, -0.2) is 9.59 Å². The molecule has 1 saturated heterocycles. The van der Waals surface area contributed by atoms with Gasteiger partial charge in [0.1, 0.15) is 0 Å². The molecule has 0 saturated carbocycles. The minimum atomic E-state index is -5.09. The van der Waals surface area contributed by atoms with Crippen molar-refractivity contribution in [2.45, 2.75) is 24.3 Å². The van der Waals surface area contributed by atoms with Crippen LogP contribution in [0.5, 0.6) is 0 Å². The van der Waals surface area contributed by atoms with Crippen molar-refractivity contribution in [2.75, 3.05) is 32.1 Å². The average molecular weight is 558 g/mol. The van der Waals surface area contributed by atoms with E-state index < -0.39 is 53.3 Å². The number of alkyl halides is 6. The Bertz CT molecular complexity index is 1140. The number of likely N-dealkylation sites (tertiary alicyclic amines) is 1. The van der Waals surface area contributed by atoms with Gasteiger partial charge >= 0.3 is 24.5 Å². The van der Waals surface area contributed by atoms with E-state index in [2.05, 4.69) is 0 Å². The second kappa shape index (κ2) is 9.89. The largest absolute Gasteiger partial charge is 0.465 e. The van der Waals surface area contributed by atoms with E-state index in [0.29, 0.717) is 22.6 Å². The van der Waals surface area contributed by atoms with Crippen LogP contribution in [0.15, 0.2) is 36.4 Å². The van der Waals surface area contributed by atoms with Crippen molar-refractivity contribution >= 4 is 41.0 Å². The third-order valence-electron chi connectivity index (χ3n) is 5.98. The number of carboxylic acid groups (broad SMARTS) is 1. The molecular formula is C22H19Cl2F6N3O3. The Morgan fingerprint density at radius 3 is 1.94 bits per heavy atom. The predicted molar refractivity (Wildman–Crippen MR) is 121 cm³/mol. The maximum absolute atomic E-state index is 13.3. The first-order valence-electron chi connectivity index (χ1n) is 10.2. The monoisotopic (exact) mass is 557 g/mol. The molecule has 36 heavy (non-hydrogen) atoms. The van der Waals surface area contributed by atoms with Gasteiger partial charge in [0.25, 0.3) is 0 Å². The first-order chi connectivity index (χ1) is 16.5. The van der Waals surface area contributed by atoms with Gasteiger partial charge in [0.15, 0.2) is 0 Å². The molecule has 1 aliphatic rings. The van der Waals surface area contributed by atoms with Crippen molar-refractivity contribution in [3.63, 3.8) is 0 Å². The van der Waals surface area contributed by atoms with Gasteiger partial charge in [-0.3, -0.25) is 4.90 Å². The molecule has 2 aromatic rings. The smallest absolute Gasteiger partial charge is 0.416 e. The van der Waals surface area contributed by atoms with E-state index >= 15 is 0 Å². The normalized spacial score (nSPS) is 18.3. The fourth-order valence-electron chi connectivity index (χ4n) is 4.03. The van der Waals surface area contributed by atoms with E-state index in [0.717, 1.165) is 16.8 Å². The summed E-state index contributed by atoms with van der Waals surface area (Å²) in [6.07, 6.45) is -11.4. The highest BCUT2D eigenvalue weighted by molar-refractivity contribution is 6.42. The Kier molecular flexibility index (Phi) is 7.62. The zero-order valence-electron chi connectivity index (χ0n) is 18.7. The third kappa shape index (κ3) is 5.75. The van der Waals surface area contributed by atoms with E-state index in [-0.39, 0.29) is 29.2 Å². The van der Waals surface area contributed by atoms with Crippen LogP contribution in [0, 0.1) is 0 Å². The quantitative estimate of drug-likeness (QED) is 0.429. The van der Waals surface area contributed by atoms with Crippen molar-refractivity contribution in [3.05, 3.63) is 63.1 Å². The summed E-state index contributed by atoms with van der Waals surface area (Å²) >= 11 is 12.0. The molecule has 14 heteroatoms. The molecule has 0 aromatic heterocycles. The molecular weight excluding hydrogens is 539 g/mol. The molecule has 2 unspecified atom stereocenters. The molecule has 6 nitrogen and oxygen atoms in total. The molecule has 1 N–H and O–H groups in total. The van der Waals surface area contributed by atoms with Crippen LogP contribution in [0.2, 0.25) is 10.0 Å². The summed E-state index contributed by atoms with van der Waals surface area (Å²) in [4.78, 5) is 27.6. The maximum Gasteiger partial charge on any atom is 0.416 e. The Labute approximate surface area is 211 Å². The lowest BCUT2D eigenvalue weighted by atomic mass is 9.93. The van der Waals surface area contributed by atoms with E-state index in [1.54, 1.807) is 6.07 Å². The topological polar surface area (TPSA) is 64.1 Å². The highest BCUT2D eigenvalue weighted by Crippen LogP contribution is 2.39. The molecule has 196 valence electrons. The molecule has 1 aliphatic heterocycles. The van der Waals surface area contributed by atoms with E-state index in [9.17, 15) is 41.0 Å². The number of carbonyl (C=O) groups is 2. The second-order valence-electron chi connectivity index (χ2n) is 8.25. The fraction of sp³-hybridized carbons (Fsp3) is 0.364. The summed E-state index contributed by atoms with van der Waals surface area (Å²) in [7, 11) is 2.32. The fourth-order valence-corrected chi connectivity index (χ4v) is 4.33. The van der Waals surface area contributed by atoms with Crippen LogP contribution in [-0.2, 0) is 12.4 Å². The number of hydrogen-bond acceptors (Lipinski definition) is 2. The molecule has 0 bridgehead atoms. The van der Waals surface area contributed by atoms with E-state index in [1.165, 1.54) is 19.2 Å². The lowest BCUT2D eigenvalue weighted by Crippen LogP contribution is -2.47. The van der Waals surface area contributed by atoms with Gasteiger partial charge in [-0.1, -0.05) is 29.3 Å². The third-order valence-corrected chi connectivity index (χ3v) is 6.72. The van der Waals surface area contributed by atoms with Crippen LogP contribution in [0.1, 0.15) is 22.6 Å². The van der Waals surface area contributed by atoms with Gasteiger partial charge in [0.2, 0.25) is 0 Å². The molecule has 3 rings (SSSR count). The number of nitrogens with zero attached hydrogens (tertiary/aromatic N) is 3. The number of anilines is 1. The van der Waals surface area contributed by atoms with Crippen molar-refractivity contribution < 1.29 is 41.0 Å². The van der Waals surface area contributed by atoms with Gasteiger partial charge in [-0.05, 0) is 35.9 Å². The van der Waals surface area contributed by atoms with Crippen molar-refractivity contribution in [3.8, 4) is 0 Å². The van der Waals surface area contributed by atoms with Gasteiger partial charge in [0, 0.05) is 38.8 Å². The number of halogens is 8. The second-order valence-corrected chi connectivity index (χ2v) is 9.07. The Hall–Kier alpha value is -2.86. The zero-order chi connectivity index (χ0) is 27.2. The summed E-state index contributed by atoms with van der Waals surface area (Å²) < 4.78 is 79.6. The number of benzene rings is 2. The van der Waals surface area contributed by atoms with Crippen LogP contribution in [-0.4, -0.2) is 60.3 Å². The highest BCUT2D eigenvalue weighted by Gasteiger charge is 2.42. The number of urea groups is 1. The maximum atomic E-state index is 13.3. The lowest BCUT2D eigenvalue weighted by molar-refractivity contribution is -0.143. The minimum absolute atomic E-state index is 0.0267.